The molecule has 5 nitrogen and oxygen atoms in total. The average Bonchev–Trinajstić information content (AvgIpc) is 2.27. The van der Waals surface area contributed by atoms with Crippen LogP contribution in [0.15, 0.2) is 24.3 Å². The molecule has 0 saturated carbocycles. The third-order valence-corrected chi connectivity index (χ3v) is 5.38. The predicted octanol–water partition coefficient (Wildman–Crippen LogP) is 0.735. The van der Waals surface area contributed by atoms with Crippen molar-refractivity contribution in [2.24, 2.45) is 0 Å². The molecule has 6 heteroatoms. The number of rotatable bonds is 3. The smallest absolute Gasteiger partial charge is 0.218 e. The van der Waals surface area contributed by atoms with Gasteiger partial charge in [-0.25, -0.2) is 8.42 Å². The Morgan fingerprint density at radius 3 is 2.74 bits per heavy atom. The van der Waals surface area contributed by atoms with Crippen molar-refractivity contribution in [1.29, 1.82) is 0 Å². The number of piperazine rings is 1. The van der Waals surface area contributed by atoms with E-state index in [0.717, 1.165) is 18.7 Å². The van der Waals surface area contributed by atoms with Crippen molar-refractivity contribution in [3.63, 3.8) is 0 Å². The number of anilines is 1. The zero-order valence-electron chi connectivity index (χ0n) is 11.4. The van der Waals surface area contributed by atoms with Crippen molar-refractivity contribution in [3.05, 3.63) is 29.8 Å². The van der Waals surface area contributed by atoms with E-state index in [1.165, 1.54) is 0 Å². The van der Waals surface area contributed by atoms with E-state index in [9.17, 15) is 8.42 Å². The summed E-state index contributed by atoms with van der Waals surface area (Å²) in [7, 11) is -1.26. The van der Waals surface area contributed by atoms with Crippen LogP contribution in [0.4, 0.5) is 5.69 Å². The fraction of sp³-hybridized carbons (Fsp3) is 0.538. The van der Waals surface area contributed by atoms with Crippen LogP contribution in [0, 0.1) is 0 Å². The Bertz CT molecular complexity index is 545. The van der Waals surface area contributed by atoms with Crippen LogP contribution in [0.25, 0.3) is 0 Å². The van der Waals surface area contributed by atoms with E-state index in [2.05, 4.69) is 4.90 Å². The number of nitrogen functional groups attached to an aromatic ring is 1. The van der Waals surface area contributed by atoms with Gasteiger partial charge >= 0.3 is 0 Å². The number of hydrogen-bond acceptors (Lipinski definition) is 4. The first-order valence-electron chi connectivity index (χ1n) is 6.41. The van der Waals surface area contributed by atoms with Crippen LogP contribution in [-0.2, 0) is 15.8 Å². The maximum Gasteiger partial charge on any atom is 0.218 e. The highest BCUT2D eigenvalue weighted by Crippen LogP contribution is 2.18. The van der Waals surface area contributed by atoms with E-state index < -0.39 is 10.0 Å². The molecule has 0 amide bonds. The quantitative estimate of drug-likeness (QED) is 0.831. The van der Waals surface area contributed by atoms with E-state index >= 15 is 0 Å². The molecule has 1 heterocycles. The summed E-state index contributed by atoms with van der Waals surface area (Å²) in [6.07, 6.45) is 0. The van der Waals surface area contributed by atoms with Gasteiger partial charge in [-0.2, -0.15) is 4.31 Å². The van der Waals surface area contributed by atoms with Crippen molar-refractivity contribution in [2.45, 2.75) is 18.7 Å². The van der Waals surface area contributed by atoms with Gasteiger partial charge in [-0.15, -0.1) is 0 Å². The molecule has 2 N–H and O–H groups in total. The van der Waals surface area contributed by atoms with E-state index in [0.29, 0.717) is 12.2 Å². The van der Waals surface area contributed by atoms with Gasteiger partial charge in [0.05, 0.1) is 5.75 Å². The first kappa shape index (κ1) is 14.3. The van der Waals surface area contributed by atoms with Crippen LogP contribution in [0.1, 0.15) is 12.5 Å². The molecule has 0 aromatic heterocycles. The summed E-state index contributed by atoms with van der Waals surface area (Å²) in [5.41, 5.74) is 7.02. The lowest BCUT2D eigenvalue weighted by Gasteiger charge is -2.37. The summed E-state index contributed by atoms with van der Waals surface area (Å²) < 4.78 is 26.5. The Labute approximate surface area is 115 Å². The third-order valence-electron chi connectivity index (χ3n) is 3.43. The Hall–Kier alpha value is -1.11. The zero-order valence-corrected chi connectivity index (χ0v) is 12.2. The molecule has 2 rings (SSSR count). The van der Waals surface area contributed by atoms with E-state index in [1.807, 2.05) is 14.0 Å². The van der Waals surface area contributed by atoms with Gasteiger partial charge in [0.25, 0.3) is 0 Å². The number of nitrogens with zero attached hydrogens (tertiary/aromatic N) is 2. The van der Waals surface area contributed by atoms with Crippen molar-refractivity contribution in [1.82, 2.24) is 9.21 Å². The lowest BCUT2D eigenvalue weighted by molar-refractivity contribution is 0.170. The average molecular weight is 283 g/mol. The molecule has 1 aromatic carbocycles. The summed E-state index contributed by atoms with van der Waals surface area (Å²) >= 11 is 0. The third kappa shape index (κ3) is 3.46. The summed E-state index contributed by atoms with van der Waals surface area (Å²) in [6, 6.07) is 7.08. The van der Waals surface area contributed by atoms with Gasteiger partial charge in [-0.3, -0.25) is 0 Å². The minimum Gasteiger partial charge on any atom is -0.399 e. The van der Waals surface area contributed by atoms with Crippen LogP contribution >= 0.6 is 0 Å². The monoisotopic (exact) mass is 283 g/mol. The zero-order chi connectivity index (χ0) is 14.0. The van der Waals surface area contributed by atoms with Crippen molar-refractivity contribution in [3.8, 4) is 0 Å². The number of sulfonamides is 1. The van der Waals surface area contributed by atoms with Crippen LogP contribution in [0.3, 0.4) is 0 Å². The molecular weight excluding hydrogens is 262 g/mol. The lowest BCUT2D eigenvalue weighted by Crippen LogP contribution is -2.52. The minimum absolute atomic E-state index is 0.0183. The fourth-order valence-corrected chi connectivity index (χ4v) is 4.25. The largest absolute Gasteiger partial charge is 0.399 e. The number of hydrogen-bond donors (Lipinski definition) is 1. The Kier molecular flexibility index (Phi) is 4.13. The molecule has 1 saturated heterocycles. The van der Waals surface area contributed by atoms with Crippen LogP contribution in [-0.4, -0.2) is 50.3 Å². The number of likely N-dealkylation sites (N-methyl/N-ethyl adjacent to an activating group) is 1. The molecule has 1 atom stereocenters. The summed E-state index contributed by atoms with van der Waals surface area (Å²) in [4.78, 5) is 2.15. The van der Waals surface area contributed by atoms with Gasteiger partial charge < -0.3 is 10.6 Å². The highest BCUT2D eigenvalue weighted by atomic mass is 32.2. The Morgan fingerprint density at radius 1 is 1.37 bits per heavy atom. The van der Waals surface area contributed by atoms with E-state index in [1.54, 1.807) is 28.6 Å². The summed E-state index contributed by atoms with van der Waals surface area (Å²) in [6.45, 7) is 4.06. The van der Waals surface area contributed by atoms with Crippen LogP contribution < -0.4 is 5.73 Å². The molecule has 1 aromatic rings. The van der Waals surface area contributed by atoms with Crippen molar-refractivity contribution in [2.75, 3.05) is 32.4 Å². The first-order valence-corrected chi connectivity index (χ1v) is 8.02. The maximum atomic E-state index is 12.4. The second-order valence-corrected chi connectivity index (χ2v) is 7.14. The molecule has 0 radical (unpaired) electrons. The summed E-state index contributed by atoms with van der Waals surface area (Å²) in [5, 5.41) is 0. The lowest BCUT2D eigenvalue weighted by atomic mass is 10.2. The standard InChI is InChI=1S/C13H21N3O2S/c1-11-9-15(2)6-7-16(11)19(17,18)10-12-4-3-5-13(14)8-12/h3-5,8,11H,6-7,9-10,14H2,1-2H3. The number of benzene rings is 1. The molecule has 0 aliphatic carbocycles. The Morgan fingerprint density at radius 2 is 2.11 bits per heavy atom. The van der Waals surface area contributed by atoms with Crippen LogP contribution in [0.5, 0.6) is 0 Å². The Balaban J connectivity index is 2.14. The molecule has 19 heavy (non-hydrogen) atoms. The first-order chi connectivity index (χ1) is 8.88. The molecule has 0 bridgehead atoms. The second kappa shape index (κ2) is 5.48. The number of nitrogens with two attached hydrogens (primary N) is 1. The molecule has 1 fully saturated rings. The van der Waals surface area contributed by atoms with E-state index in [-0.39, 0.29) is 11.8 Å². The van der Waals surface area contributed by atoms with Crippen LogP contribution in [0.2, 0.25) is 0 Å². The molecule has 1 aliphatic rings. The predicted molar refractivity (Wildman–Crippen MR) is 77.1 cm³/mol. The van der Waals surface area contributed by atoms with Gasteiger partial charge in [0.1, 0.15) is 0 Å². The van der Waals surface area contributed by atoms with Crippen molar-refractivity contribution >= 4 is 15.7 Å². The fourth-order valence-electron chi connectivity index (χ4n) is 2.51. The minimum atomic E-state index is -3.27. The molecule has 0 spiro atoms. The van der Waals surface area contributed by atoms with E-state index in [4.69, 9.17) is 5.73 Å². The van der Waals surface area contributed by atoms with Gasteiger partial charge in [0.2, 0.25) is 10.0 Å². The normalized spacial score (nSPS) is 22.5. The molecule has 106 valence electrons. The van der Waals surface area contributed by atoms with Gasteiger partial charge in [0.15, 0.2) is 0 Å². The molecule has 1 aliphatic heterocycles. The highest BCUT2D eigenvalue weighted by molar-refractivity contribution is 7.88. The highest BCUT2D eigenvalue weighted by Gasteiger charge is 2.31. The summed E-state index contributed by atoms with van der Waals surface area (Å²) in [5.74, 6) is 0.0199. The molecular formula is C13H21N3O2S. The van der Waals surface area contributed by atoms with Gasteiger partial charge in [-0.1, -0.05) is 12.1 Å². The second-order valence-electron chi connectivity index (χ2n) is 5.22. The maximum absolute atomic E-state index is 12.4. The van der Waals surface area contributed by atoms with Crippen molar-refractivity contribution < 1.29 is 8.42 Å². The van der Waals surface area contributed by atoms with Gasteiger partial charge in [-0.05, 0) is 31.7 Å². The SMILES string of the molecule is CC1CN(C)CCN1S(=O)(=O)Cc1cccc(N)c1. The molecule has 1 unspecified atom stereocenters. The topological polar surface area (TPSA) is 66.6 Å². The van der Waals surface area contributed by atoms with Gasteiger partial charge in [0, 0.05) is 31.4 Å².